The highest BCUT2D eigenvalue weighted by Gasteiger charge is 2.35. The van der Waals surface area contributed by atoms with Gasteiger partial charge < -0.3 is 15.8 Å². The van der Waals surface area contributed by atoms with Gasteiger partial charge in [-0.1, -0.05) is 13.3 Å². The Labute approximate surface area is 121 Å². The Morgan fingerprint density at radius 1 is 1.40 bits per heavy atom. The number of nitrogens with one attached hydrogen (secondary N) is 1. The molecule has 1 aliphatic carbocycles. The predicted molar refractivity (Wildman–Crippen MR) is 84.3 cm³/mol. The summed E-state index contributed by atoms with van der Waals surface area (Å²) in [6.45, 7) is 6.24. The average molecular weight is 275 g/mol. The van der Waals surface area contributed by atoms with Crippen LogP contribution in [0.5, 0.6) is 5.75 Å². The number of aliphatic imine (C=N–C) groups is 1. The first-order valence-electron chi connectivity index (χ1n) is 7.45. The van der Waals surface area contributed by atoms with E-state index in [0.717, 1.165) is 17.4 Å². The van der Waals surface area contributed by atoms with Gasteiger partial charge >= 0.3 is 0 Å². The molecule has 0 bridgehead atoms. The third-order valence-corrected chi connectivity index (χ3v) is 3.35. The molecule has 20 heavy (non-hydrogen) atoms. The van der Waals surface area contributed by atoms with Crippen molar-refractivity contribution in [1.82, 2.24) is 0 Å². The molecule has 0 aromatic heterocycles. The lowest BCUT2D eigenvalue weighted by atomic mass is 10.2. The van der Waals surface area contributed by atoms with Gasteiger partial charge in [0.05, 0.1) is 12.1 Å². The predicted octanol–water partition coefficient (Wildman–Crippen LogP) is 3.39. The molecule has 1 aromatic rings. The van der Waals surface area contributed by atoms with Crippen molar-refractivity contribution in [3.63, 3.8) is 0 Å². The van der Waals surface area contributed by atoms with E-state index in [1.807, 2.05) is 38.1 Å². The second-order valence-corrected chi connectivity index (χ2v) is 5.68. The summed E-state index contributed by atoms with van der Waals surface area (Å²) in [6.07, 6.45) is 3.84. The molecule has 4 heteroatoms. The van der Waals surface area contributed by atoms with Crippen LogP contribution in [-0.4, -0.2) is 18.1 Å². The Morgan fingerprint density at radius 3 is 2.70 bits per heavy atom. The van der Waals surface area contributed by atoms with Crippen LogP contribution in [-0.2, 0) is 0 Å². The molecule has 2 unspecified atom stereocenters. The lowest BCUT2D eigenvalue weighted by molar-refractivity contribution is 0.242. The molecule has 0 amide bonds. The maximum absolute atomic E-state index is 5.93. The van der Waals surface area contributed by atoms with Crippen LogP contribution in [0.3, 0.4) is 0 Å². The molecule has 4 nitrogen and oxygen atoms in total. The molecule has 0 spiro atoms. The molecule has 0 aliphatic heterocycles. The van der Waals surface area contributed by atoms with Crippen LogP contribution in [0, 0.1) is 5.92 Å². The van der Waals surface area contributed by atoms with E-state index in [2.05, 4.69) is 17.2 Å². The monoisotopic (exact) mass is 275 g/mol. The molecule has 3 N–H and O–H groups in total. The summed E-state index contributed by atoms with van der Waals surface area (Å²) < 4.78 is 5.60. The van der Waals surface area contributed by atoms with Gasteiger partial charge in [-0.15, -0.1) is 0 Å². The molecule has 2 rings (SSSR count). The minimum absolute atomic E-state index is 0.186. The molecule has 1 fully saturated rings. The Morgan fingerprint density at radius 2 is 2.10 bits per heavy atom. The van der Waals surface area contributed by atoms with E-state index in [9.17, 15) is 0 Å². The quantitative estimate of drug-likeness (QED) is 0.618. The summed E-state index contributed by atoms with van der Waals surface area (Å²) >= 11 is 0. The van der Waals surface area contributed by atoms with Gasteiger partial charge in [0.25, 0.3) is 0 Å². The van der Waals surface area contributed by atoms with Crippen molar-refractivity contribution in [3.05, 3.63) is 24.3 Å². The van der Waals surface area contributed by atoms with Crippen molar-refractivity contribution < 1.29 is 4.74 Å². The van der Waals surface area contributed by atoms with Crippen molar-refractivity contribution in [1.29, 1.82) is 0 Å². The van der Waals surface area contributed by atoms with E-state index < -0.39 is 0 Å². The largest absolute Gasteiger partial charge is 0.491 e. The van der Waals surface area contributed by atoms with Crippen LogP contribution in [0.15, 0.2) is 29.3 Å². The fourth-order valence-corrected chi connectivity index (χ4v) is 2.32. The average Bonchev–Trinajstić information content (AvgIpc) is 3.09. The number of rotatable bonds is 6. The second kappa shape index (κ2) is 6.64. The van der Waals surface area contributed by atoms with E-state index in [4.69, 9.17) is 10.5 Å². The number of anilines is 1. The third kappa shape index (κ3) is 4.44. The first-order valence-corrected chi connectivity index (χ1v) is 7.45. The fourth-order valence-electron chi connectivity index (χ4n) is 2.32. The van der Waals surface area contributed by atoms with Crippen LogP contribution >= 0.6 is 0 Å². The van der Waals surface area contributed by atoms with Gasteiger partial charge in [0, 0.05) is 5.69 Å². The Bertz CT molecular complexity index is 453. The number of nitrogens with zero attached hydrogens (tertiary/aromatic N) is 1. The lowest BCUT2D eigenvalue weighted by Crippen LogP contribution is -2.23. The minimum atomic E-state index is 0.186. The number of guanidine groups is 1. The molecular weight excluding hydrogens is 250 g/mol. The molecule has 0 saturated heterocycles. The Hall–Kier alpha value is -1.71. The number of benzene rings is 1. The summed E-state index contributed by atoms with van der Waals surface area (Å²) in [6, 6.07) is 8.21. The number of hydrogen-bond donors (Lipinski definition) is 2. The normalized spacial score (nSPS) is 21.9. The summed E-state index contributed by atoms with van der Waals surface area (Å²) in [4.78, 5) is 4.51. The van der Waals surface area contributed by atoms with Crippen molar-refractivity contribution in [3.8, 4) is 5.75 Å². The summed E-state index contributed by atoms with van der Waals surface area (Å²) in [5.41, 5.74) is 6.87. The molecule has 0 radical (unpaired) electrons. The van der Waals surface area contributed by atoms with Gasteiger partial charge in [-0.3, -0.25) is 0 Å². The highest BCUT2D eigenvalue weighted by Crippen LogP contribution is 2.37. The standard InChI is InChI=1S/C16H25N3O/c1-4-5-12-10-15(12)19-16(17)18-13-6-8-14(9-7-13)20-11(2)3/h6-9,11-12,15H,4-5,10H2,1-3H3,(H3,17,18,19). The summed E-state index contributed by atoms with van der Waals surface area (Å²) in [5, 5.41) is 3.13. The molecule has 0 heterocycles. The van der Waals surface area contributed by atoms with E-state index in [-0.39, 0.29) is 6.10 Å². The van der Waals surface area contributed by atoms with Gasteiger partial charge in [0.1, 0.15) is 5.75 Å². The topological polar surface area (TPSA) is 59.6 Å². The van der Waals surface area contributed by atoms with E-state index >= 15 is 0 Å². The molecular formula is C16H25N3O. The van der Waals surface area contributed by atoms with E-state index in [1.54, 1.807) is 0 Å². The van der Waals surface area contributed by atoms with Crippen molar-refractivity contribution in [2.45, 2.75) is 52.2 Å². The van der Waals surface area contributed by atoms with E-state index in [1.165, 1.54) is 19.3 Å². The zero-order chi connectivity index (χ0) is 14.5. The van der Waals surface area contributed by atoms with Gasteiger partial charge in [0.2, 0.25) is 0 Å². The molecule has 2 atom stereocenters. The van der Waals surface area contributed by atoms with Crippen LogP contribution < -0.4 is 15.8 Å². The minimum Gasteiger partial charge on any atom is -0.491 e. The Kier molecular flexibility index (Phi) is 4.88. The zero-order valence-corrected chi connectivity index (χ0v) is 12.6. The van der Waals surface area contributed by atoms with Crippen molar-refractivity contribution >= 4 is 11.6 Å². The van der Waals surface area contributed by atoms with Gasteiger partial charge in [-0.05, 0) is 56.9 Å². The van der Waals surface area contributed by atoms with E-state index in [0.29, 0.717) is 12.0 Å². The maximum Gasteiger partial charge on any atom is 0.193 e. The number of nitrogens with two attached hydrogens (primary N) is 1. The molecule has 1 aromatic carbocycles. The molecule has 1 saturated carbocycles. The van der Waals surface area contributed by atoms with Gasteiger partial charge in [0.15, 0.2) is 5.96 Å². The molecule has 110 valence electrons. The Balaban J connectivity index is 1.85. The highest BCUT2D eigenvalue weighted by atomic mass is 16.5. The van der Waals surface area contributed by atoms with Gasteiger partial charge in [-0.25, -0.2) is 4.99 Å². The van der Waals surface area contributed by atoms with Crippen molar-refractivity contribution in [2.75, 3.05) is 5.32 Å². The lowest BCUT2D eigenvalue weighted by Gasteiger charge is -2.10. The maximum atomic E-state index is 5.93. The van der Waals surface area contributed by atoms with Gasteiger partial charge in [-0.2, -0.15) is 0 Å². The molecule has 1 aliphatic rings. The second-order valence-electron chi connectivity index (χ2n) is 5.68. The zero-order valence-electron chi connectivity index (χ0n) is 12.6. The SMILES string of the molecule is CCCC1CC1N=C(N)Nc1ccc(OC(C)C)cc1. The smallest absolute Gasteiger partial charge is 0.193 e. The number of hydrogen-bond acceptors (Lipinski definition) is 2. The summed E-state index contributed by atoms with van der Waals surface area (Å²) in [7, 11) is 0. The third-order valence-electron chi connectivity index (χ3n) is 3.35. The van der Waals surface area contributed by atoms with Crippen LogP contribution in [0.1, 0.15) is 40.0 Å². The fraction of sp³-hybridized carbons (Fsp3) is 0.562. The first-order chi connectivity index (χ1) is 9.58. The van der Waals surface area contributed by atoms with Crippen LogP contribution in [0.25, 0.3) is 0 Å². The summed E-state index contributed by atoms with van der Waals surface area (Å²) in [5.74, 6) is 2.11. The van der Waals surface area contributed by atoms with Crippen LogP contribution in [0.4, 0.5) is 5.69 Å². The number of ether oxygens (including phenoxy) is 1. The first kappa shape index (κ1) is 14.7. The highest BCUT2D eigenvalue weighted by molar-refractivity contribution is 5.92. The van der Waals surface area contributed by atoms with Crippen molar-refractivity contribution in [2.24, 2.45) is 16.6 Å². The van der Waals surface area contributed by atoms with Crippen LogP contribution in [0.2, 0.25) is 0 Å².